The lowest BCUT2D eigenvalue weighted by molar-refractivity contribution is 0.306. The summed E-state index contributed by atoms with van der Waals surface area (Å²) in [5.41, 5.74) is 1.12. The molecule has 0 aliphatic heterocycles. The zero-order valence-electron chi connectivity index (χ0n) is 11.7. The molecule has 3 N–H and O–H groups in total. The van der Waals surface area contributed by atoms with Gasteiger partial charge in [-0.2, -0.15) is 0 Å². The number of aliphatic imine (C=N–C) groups is 1. The number of aliphatic hydroxyl groups excluding tert-OH is 1. The molecule has 1 aromatic rings. The fourth-order valence-electron chi connectivity index (χ4n) is 1.44. The highest BCUT2D eigenvalue weighted by molar-refractivity contribution is 14.0. The first-order valence-corrected chi connectivity index (χ1v) is 7.05. The van der Waals surface area contributed by atoms with Crippen molar-refractivity contribution < 1.29 is 5.11 Å². The van der Waals surface area contributed by atoms with Crippen molar-refractivity contribution in [2.45, 2.75) is 27.2 Å². The van der Waals surface area contributed by atoms with Crippen LogP contribution in [0.3, 0.4) is 0 Å². The molecule has 0 aliphatic rings. The van der Waals surface area contributed by atoms with Gasteiger partial charge in [-0.25, -0.2) is 4.98 Å². The lowest BCUT2D eigenvalue weighted by Gasteiger charge is -2.09. The lowest BCUT2D eigenvalue weighted by atomic mass is 10.4. The number of aliphatic hydroxyl groups is 1. The Morgan fingerprint density at radius 2 is 2.11 bits per heavy atom. The van der Waals surface area contributed by atoms with E-state index in [2.05, 4.69) is 27.5 Å². The first-order valence-electron chi connectivity index (χ1n) is 6.23. The minimum atomic E-state index is 0. The van der Waals surface area contributed by atoms with Gasteiger partial charge in [-0.05, 0) is 20.8 Å². The molecule has 0 fully saturated rings. The van der Waals surface area contributed by atoms with Crippen LogP contribution in [0.4, 0.5) is 0 Å². The molecular weight excluding hydrogens is 375 g/mol. The fourth-order valence-corrected chi connectivity index (χ4v) is 2.37. The first-order chi connectivity index (χ1) is 8.67. The van der Waals surface area contributed by atoms with Crippen molar-refractivity contribution in [2.75, 3.05) is 26.2 Å². The zero-order valence-corrected chi connectivity index (χ0v) is 14.8. The van der Waals surface area contributed by atoms with Gasteiger partial charge in [0.15, 0.2) is 5.96 Å². The maximum atomic E-state index is 8.75. The van der Waals surface area contributed by atoms with E-state index in [0.29, 0.717) is 6.54 Å². The number of nitrogens with zero attached hydrogens (tertiary/aromatic N) is 2. The Morgan fingerprint density at radius 1 is 1.37 bits per heavy atom. The maximum Gasteiger partial charge on any atom is 0.191 e. The fraction of sp³-hybridized carbons (Fsp3) is 0.667. The summed E-state index contributed by atoms with van der Waals surface area (Å²) >= 11 is 1.75. The van der Waals surface area contributed by atoms with Crippen molar-refractivity contribution in [2.24, 2.45) is 4.99 Å². The van der Waals surface area contributed by atoms with Crippen molar-refractivity contribution >= 4 is 41.3 Å². The number of thiazole rings is 1. The highest BCUT2D eigenvalue weighted by Gasteiger charge is 2.03. The molecule has 110 valence electrons. The minimum Gasteiger partial charge on any atom is -0.394 e. The molecule has 0 bridgehead atoms. The van der Waals surface area contributed by atoms with Gasteiger partial charge >= 0.3 is 0 Å². The van der Waals surface area contributed by atoms with E-state index in [1.807, 2.05) is 13.8 Å². The second kappa shape index (κ2) is 10.4. The third-order valence-electron chi connectivity index (χ3n) is 2.42. The van der Waals surface area contributed by atoms with E-state index in [-0.39, 0.29) is 30.6 Å². The second-order valence-electron chi connectivity index (χ2n) is 3.91. The van der Waals surface area contributed by atoms with Gasteiger partial charge in [0, 0.05) is 24.4 Å². The van der Waals surface area contributed by atoms with Gasteiger partial charge in [0.05, 0.1) is 23.9 Å². The maximum absolute atomic E-state index is 8.75. The number of guanidine groups is 1. The van der Waals surface area contributed by atoms with Crippen LogP contribution < -0.4 is 10.6 Å². The Labute approximate surface area is 136 Å². The normalized spacial score (nSPS) is 11.1. The van der Waals surface area contributed by atoms with Crippen LogP contribution in [0.2, 0.25) is 0 Å². The first kappa shape index (κ1) is 18.6. The number of hydrogen-bond donors (Lipinski definition) is 3. The highest BCUT2D eigenvalue weighted by atomic mass is 127. The quantitative estimate of drug-likeness (QED) is 0.386. The van der Waals surface area contributed by atoms with E-state index < -0.39 is 0 Å². The molecule has 1 aromatic heterocycles. The van der Waals surface area contributed by atoms with Crippen LogP contribution in [-0.4, -0.2) is 42.3 Å². The van der Waals surface area contributed by atoms with Crippen LogP contribution >= 0.6 is 35.3 Å². The summed E-state index contributed by atoms with van der Waals surface area (Å²) in [7, 11) is 0. The van der Waals surface area contributed by atoms with E-state index in [1.165, 1.54) is 4.88 Å². The summed E-state index contributed by atoms with van der Waals surface area (Å²) < 4.78 is 0. The molecule has 0 radical (unpaired) electrons. The summed E-state index contributed by atoms with van der Waals surface area (Å²) in [6, 6.07) is 0. The van der Waals surface area contributed by atoms with Crippen molar-refractivity contribution in [3.05, 3.63) is 15.6 Å². The van der Waals surface area contributed by atoms with Crippen molar-refractivity contribution in [3.63, 3.8) is 0 Å². The SMILES string of the molecule is CCNC(=NCCO)NCCc1nc(C)c(C)s1.I. The molecule has 7 heteroatoms. The summed E-state index contributed by atoms with van der Waals surface area (Å²) in [5.74, 6) is 0.747. The molecular formula is C12H23IN4OS. The van der Waals surface area contributed by atoms with E-state index in [4.69, 9.17) is 5.11 Å². The summed E-state index contributed by atoms with van der Waals surface area (Å²) in [6.07, 6.45) is 0.892. The van der Waals surface area contributed by atoms with Gasteiger partial charge in [0.25, 0.3) is 0 Å². The number of rotatable bonds is 6. The zero-order chi connectivity index (χ0) is 13.4. The molecule has 0 atom stereocenters. The highest BCUT2D eigenvalue weighted by Crippen LogP contribution is 2.16. The number of aryl methyl sites for hydroxylation is 2. The van der Waals surface area contributed by atoms with Crippen molar-refractivity contribution in [3.8, 4) is 0 Å². The summed E-state index contributed by atoms with van der Waals surface area (Å²) in [4.78, 5) is 9.99. The Morgan fingerprint density at radius 3 is 2.63 bits per heavy atom. The predicted octanol–water partition coefficient (Wildman–Crippen LogP) is 1.47. The van der Waals surface area contributed by atoms with Crippen LogP contribution in [0, 0.1) is 13.8 Å². The summed E-state index contributed by atoms with van der Waals surface area (Å²) in [6.45, 7) is 8.25. The molecule has 0 saturated carbocycles. The third-order valence-corrected chi connectivity index (χ3v) is 3.55. The molecule has 0 aromatic carbocycles. The predicted molar refractivity (Wildman–Crippen MR) is 91.8 cm³/mol. The minimum absolute atomic E-state index is 0. The number of aromatic nitrogens is 1. The molecule has 5 nitrogen and oxygen atoms in total. The standard InChI is InChI=1S/C12H22N4OS.HI/c1-4-13-12(15-7-8-17)14-6-5-11-16-9(2)10(3)18-11;/h17H,4-8H2,1-3H3,(H2,13,14,15);1H. The number of nitrogens with one attached hydrogen (secondary N) is 2. The molecule has 0 aliphatic carbocycles. The molecule has 0 amide bonds. The Balaban J connectivity index is 0.00000324. The lowest BCUT2D eigenvalue weighted by Crippen LogP contribution is -2.38. The largest absolute Gasteiger partial charge is 0.394 e. The molecule has 0 spiro atoms. The monoisotopic (exact) mass is 398 g/mol. The Kier molecular flexibility index (Phi) is 10.2. The average molecular weight is 398 g/mol. The molecule has 1 rings (SSSR count). The molecule has 1 heterocycles. The van der Waals surface area contributed by atoms with E-state index in [0.717, 1.165) is 36.2 Å². The molecule has 0 unspecified atom stereocenters. The van der Waals surface area contributed by atoms with E-state index in [9.17, 15) is 0 Å². The van der Waals surface area contributed by atoms with Crippen LogP contribution in [0.15, 0.2) is 4.99 Å². The van der Waals surface area contributed by atoms with Gasteiger partial charge in [-0.1, -0.05) is 0 Å². The van der Waals surface area contributed by atoms with Gasteiger partial charge in [0.1, 0.15) is 0 Å². The van der Waals surface area contributed by atoms with Gasteiger partial charge < -0.3 is 15.7 Å². The van der Waals surface area contributed by atoms with Crippen LogP contribution in [-0.2, 0) is 6.42 Å². The molecule has 0 saturated heterocycles. The van der Waals surface area contributed by atoms with Crippen LogP contribution in [0.1, 0.15) is 22.5 Å². The van der Waals surface area contributed by atoms with Crippen LogP contribution in [0.25, 0.3) is 0 Å². The van der Waals surface area contributed by atoms with Gasteiger partial charge in [-0.3, -0.25) is 4.99 Å². The van der Waals surface area contributed by atoms with Gasteiger partial charge in [-0.15, -0.1) is 35.3 Å². The number of hydrogen-bond acceptors (Lipinski definition) is 4. The third kappa shape index (κ3) is 7.07. The van der Waals surface area contributed by atoms with Gasteiger partial charge in [0.2, 0.25) is 0 Å². The van der Waals surface area contributed by atoms with Crippen molar-refractivity contribution in [1.82, 2.24) is 15.6 Å². The van der Waals surface area contributed by atoms with E-state index in [1.54, 1.807) is 11.3 Å². The number of halogens is 1. The Hall–Kier alpha value is -0.410. The smallest absolute Gasteiger partial charge is 0.191 e. The topological polar surface area (TPSA) is 69.5 Å². The van der Waals surface area contributed by atoms with Crippen molar-refractivity contribution in [1.29, 1.82) is 0 Å². The average Bonchev–Trinajstić information content (AvgIpc) is 2.65. The summed E-state index contributed by atoms with van der Waals surface area (Å²) in [5, 5.41) is 16.3. The Bertz CT molecular complexity index is 376. The second-order valence-corrected chi connectivity index (χ2v) is 5.20. The molecule has 19 heavy (non-hydrogen) atoms. The van der Waals surface area contributed by atoms with E-state index >= 15 is 0 Å². The van der Waals surface area contributed by atoms with Crippen LogP contribution in [0.5, 0.6) is 0 Å².